The second-order valence-electron chi connectivity index (χ2n) is 6.67. The molecular formula is C19H18BrN3O3S2. The van der Waals surface area contributed by atoms with Gasteiger partial charge < -0.3 is 10.2 Å². The minimum atomic E-state index is -3.09. The van der Waals surface area contributed by atoms with E-state index >= 15 is 0 Å². The highest BCUT2D eigenvalue weighted by Crippen LogP contribution is 2.35. The number of nitrogens with zero attached hydrogens (tertiary/aromatic N) is 2. The molecule has 0 aliphatic carbocycles. The number of thioether (sulfide) groups is 1. The number of nitrogens with one attached hydrogen (secondary N) is 1. The Morgan fingerprint density at radius 1 is 1.14 bits per heavy atom. The van der Waals surface area contributed by atoms with E-state index in [1.54, 1.807) is 0 Å². The molecule has 0 bridgehead atoms. The lowest BCUT2D eigenvalue weighted by molar-refractivity contribution is -0.113. The number of para-hydroxylation sites is 1. The number of anilines is 2. The molecule has 0 radical (unpaired) electrons. The van der Waals surface area contributed by atoms with Crippen molar-refractivity contribution in [1.82, 2.24) is 0 Å². The third-order valence-corrected chi connectivity index (χ3v) is 7.80. The standard InChI is InChI=1S/C19H18BrN3O3S2/c20-13-6-8-14(9-7-13)21-18(24)10-27-19-22-16-11-28(25,26)12-17(16)23(19)15-4-2-1-3-5-15/h1-9,16-17H,10-12H2,(H,21,24)/t16-,17-/m1/s1. The first-order chi connectivity index (χ1) is 13.4. The number of halogens is 1. The Morgan fingerprint density at radius 2 is 1.86 bits per heavy atom. The summed E-state index contributed by atoms with van der Waals surface area (Å²) in [7, 11) is -3.09. The average Bonchev–Trinajstić information content (AvgIpc) is 3.13. The van der Waals surface area contributed by atoms with Crippen LogP contribution in [0.5, 0.6) is 0 Å². The van der Waals surface area contributed by atoms with Gasteiger partial charge in [0.1, 0.15) is 0 Å². The molecule has 2 atom stereocenters. The largest absolute Gasteiger partial charge is 0.325 e. The van der Waals surface area contributed by atoms with Crippen LogP contribution in [0.2, 0.25) is 0 Å². The zero-order chi connectivity index (χ0) is 19.7. The van der Waals surface area contributed by atoms with E-state index in [0.717, 1.165) is 15.8 Å². The molecule has 1 N–H and O–H groups in total. The first-order valence-electron chi connectivity index (χ1n) is 8.72. The summed E-state index contributed by atoms with van der Waals surface area (Å²) >= 11 is 4.70. The van der Waals surface area contributed by atoms with Crippen molar-refractivity contribution in [2.45, 2.75) is 12.1 Å². The first kappa shape index (κ1) is 19.5. The smallest absolute Gasteiger partial charge is 0.234 e. The highest BCUT2D eigenvalue weighted by molar-refractivity contribution is 9.10. The molecule has 0 spiro atoms. The lowest BCUT2D eigenvalue weighted by Crippen LogP contribution is -2.39. The number of sulfone groups is 1. The molecule has 2 aromatic rings. The van der Waals surface area contributed by atoms with E-state index in [9.17, 15) is 13.2 Å². The predicted octanol–water partition coefficient (Wildman–Crippen LogP) is 3.16. The maximum Gasteiger partial charge on any atom is 0.234 e. The molecule has 2 heterocycles. The van der Waals surface area contributed by atoms with Crippen LogP contribution in [0.3, 0.4) is 0 Å². The third-order valence-electron chi connectivity index (χ3n) is 4.60. The quantitative estimate of drug-likeness (QED) is 0.728. The third kappa shape index (κ3) is 4.26. The molecule has 2 aromatic carbocycles. The Labute approximate surface area is 176 Å². The van der Waals surface area contributed by atoms with Crippen LogP contribution in [-0.4, -0.2) is 48.8 Å². The van der Waals surface area contributed by atoms with Crippen LogP contribution >= 0.6 is 27.7 Å². The van der Waals surface area contributed by atoms with Crippen LogP contribution < -0.4 is 10.2 Å². The number of carbonyl (C=O) groups excluding carboxylic acids is 1. The number of carbonyl (C=O) groups is 1. The molecule has 9 heteroatoms. The molecule has 146 valence electrons. The van der Waals surface area contributed by atoms with Crippen molar-refractivity contribution in [3.8, 4) is 0 Å². The summed E-state index contributed by atoms with van der Waals surface area (Å²) in [5.41, 5.74) is 1.62. The Hall–Kier alpha value is -1.84. The summed E-state index contributed by atoms with van der Waals surface area (Å²) in [6, 6.07) is 16.5. The van der Waals surface area contributed by atoms with E-state index in [-0.39, 0.29) is 35.2 Å². The first-order valence-corrected chi connectivity index (χ1v) is 12.3. The van der Waals surface area contributed by atoms with Gasteiger partial charge in [0.05, 0.1) is 29.3 Å². The average molecular weight is 480 g/mol. The van der Waals surface area contributed by atoms with Gasteiger partial charge in [-0.2, -0.15) is 0 Å². The molecular weight excluding hydrogens is 462 g/mol. The lowest BCUT2D eigenvalue weighted by Gasteiger charge is -2.26. The zero-order valence-electron chi connectivity index (χ0n) is 14.8. The van der Waals surface area contributed by atoms with Crippen LogP contribution in [0, 0.1) is 0 Å². The van der Waals surface area contributed by atoms with Gasteiger partial charge in [0.15, 0.2) is 15.0 Å². The highest BCUT2D eigenvalue weighted by Gasteiger charge is 2.47. The van der Waals surface area contributed by atoms with Crippen molar-refractivity contribution in [3.05, 3.63) is 59.1 Å². The van der Waals surface area contributed by atoms with Crippen molar-refractivity contribution >= 4 is 60.0 Å². The summed E-state index contributed by atoms with van der Waals surface area (Å²) in [6.45, 7) is 0. The minimum Gasteiger partial charge on any atom is -0.325 e. The van der Waals surface area contributed by atoms with Gasteiger partial charge in [0.2, 0.25) is 5.91 Å². The topological polar surface area (TPSA) is 78.8 Å². The van der Waals surface area contributed by atoms with Crippen LogP contribution in [0.4, 0.5) is 11.4 Å². The molecule has 6 nitrogen and oxygen atoms in total. The number of benzene rings is 2. The highest BCUT2D eigenvalue weighted by atomic mass is 79.9. The Bertz CT molecular complexity index is 1010. The van der Waals surface area contributed by atoms with E-state index in [0.29, 0.717) is 5.17 Å². The second kappa shape index (κ2) is 7.88. The van der Waals surface area contributed by atoms with E-state index in [1.807, 2.05) is 59.5 Å². The van der Waals surface area contributed by atoms with E-state index in [2.05, 4.69) is 26.2 Å². The van der Waals surface area contributed by atoms with Crippen LogP contribution in [0.1, 0.15) is 0 Å². The van der Waals surface area contributed by atoms with Crippen molar-refractivity contribution < 1.29 is 13.2 Å². The predicted molar refractivity (Wildman–Crippen MR) is 118 cm³/mol. The fourth-order valence-electron chi connectivity index (χ4n) is 3.38. The van der Waals surface area contributed by atoms with Gasteiger partial charge in [-0.25, -0.2) is 8.42 Å². The molecule has 1 fully saturated rings. The molecule has 28 heavy (non-hydrogen) atoms. The normalized spacial score (nSPS) is 22.6. The number of hydrogen-bond donors (Lipinski definition) is 1. The molecule has 0 aromatic heterocycles. The summed E-state index contributed by atoms with van der Waals surface area (Å²) in [5.74, 6) is 0.221. The number of aliphatic imine (C=N–C) groups is 1. The Kier molecular flexibility index (Phi) is 5.48. The molecule has 0 unspecified atom stereocenters. The van der Waals surface area contributed by atoms with Gasteiger partial charge in [0.25, 0.3) is 0 Å². The lowest BCUT2D eigenvalue weighted by atomic mass is 10.1. The SMILES string of the molecule is O=C(CSC1=N[C@@H]2CS(=O)(=O)C[C@H]2N1c1ccccc1)Nc1ccc(Br)cc1. The second-order valence-corrected chi connectivity index (χ2v) is 10.7. The molecule has 1 saturated heterocycles. The summed E-state index contributed by atoms with van der Waals surface area (Å²) in [4.78, 5) is 18.9. The zero-order valence-corrected chi connectivity index (χ0v) is 18.0. The van der Waals surface area contributed by atoms with E-state index in [1.165, 1.54) is 11.8 Å². The number of hydrogen-bond acceptors (Lipinski definition) is 6. The van der Waals surface area contributed by atoms with Crippen LogP contribution in [0.15, 0.2) is 64.1 Å². The van der Waals surface area contributed by atoms with Gasteiger partial charge in [-0.15, -0.1) is 0 Å². The van der Waals surface area contributed by atoms with E-state index < -0.39 is 9.84 Å². The monoisotopic (exact) mass is 479 g/mol. The van der Waals surface area contributed by atoms with Crippen LogP contribution in [0.25, 0.3) is 0 Å². The van der Waals surface area contributed by atoms with Gasteiger partial charge in [-0.3, -0.25) is 9.79 Å². The van der Waals surface area contributed by atoms with Crippen molar-refractivity contribution in [3.63, 3.8) is 0 Å². The summed E-state index contributed by atoms with van der Waals surface area (Å²) in [6.07, 6.45) is 0. The number of amidine groups is 1. The maximum absolute atomic E-state index is 12.3. The molecule has 2 aliphatic rings. The molecule has 4 rings (SSSR count). The Balaban J connectivity index is 1.47. The van der Waals surface area contributed by atoms with E-state index in [4.69, 9.17) is 0 Å². The van der Waals surface area contributed by atoms with Crippen molar-refractivity contribution in [2.75, 3.05) is 27.5 Å². The van der Waals surface area contributed by atoms with Gasteiger partial charge in [0, 0.05) is 15.8 Å². The van der Waals surface area contributed by atoms with Crippen molar-refractivity contribution in [2.24, 2.45) is 4.99 Å². The van der Waals surface area contributed by atoms with Gasteiger partial charge >= 0.3 is 0 Å². The minimum absolute atomic E-state index is 0.0656. The maximum atomic E-state index is 12.3. The fraction of sp³-hybridized carbons (Fsp3) is 0.263. The van der Waals surface area contributed by atoms with Crippen LogP contribution in [-0.2, 0) is 14.6 Å². The van der Waals surface area contributed by atoms with Gasteiger partial charge in [-0.1, -0.05) is 45.9 Å². The molecule has 1 amide bonds. The number of fused-ring (bicyclic) bond motifs is 1. The molecule has 2 aliphatic heterocycles. The number of amides is 1. The Morgan fingerprint density at radius 3 is 2.57 bits per heavy atom. The number of rotatable bonds is 4. The van der Waals surface area contributed by atoms with Crippen molar-refractivity contribution in [1.29, 1.82) is 0 Å². The summed E-state index contributed by atoms with van der Waals surface area (Å²) < 4.78 is 25.0. The molecule has 0 saturated carbocycles. The summed E-state index contributed by atoms with van der Waals surface area (Å²) in [5, 5.41) is 3.56. The van der Waals surface area contributed by atoms with Gasteiger partial charge in [-0.05, 0) is 36.4 Å². The fourth-order valence-corrected chi connectivity index (χ4v) is 6.42.